The fourth-order valence-corrected chi connectivity index (χ4v) is 3.26. The van der Waals surface area contributed by atoms with E-state index >= 15 is 0 Å². The second-order valence-corrected chi connectivity index (χ2v) is 6.47. The summed E-state index contributed by atoms with van der Waals surface area (Å²) in [4.78, 5) is 14.3. The van der Waals surface area contributed by atoms with E-state index in [0.717, 1.165) is 77.9 Å². The van der Waals surface area contributed by atoms with Gasteiger partial charge in [0.2, 0.25) is 5.91 Å². The molecule has 0 atom stereocenters. The van der Waals surface area contributed by atoms with Crippen LogP contribution in [-0.2, 0) is 9.53 Å². The molecule has 1 amide bonds. The van der Waals surface area contributed by atoms with Crippen molar-refractivity contribution in [1.82, 2.24) is 10.2 Å². The highest BCUT2D eigenvalue weighted by Gasteiger charge is 2.31. The van der Waals surface area contributed by atoms with Crippen LogP contribution in [0.4, 0.5) is 0 Å². The van der Waals surface area contributed by atoms with Crippen molar-refractivity contribution in [3.63, 3.8) is 0 Å². The number of morpholine rings is 1. The minimum Gasteiger partial charge on any atom is -0.389 e. The molecule has 1 aliphatic carbocycles. The Labute approximate surface area is 128 Å². The van der Waals surface area contributed by atoms with E-state index in [1.54, 1.807) is 0 Å². The van der Waals surface area contributed by atoms with Gasteiger partial charge in [0.25, 0.3) is 0 Å². The number of nitrogens with zero attached hydrogens (tertiary/aromatic N) is 1. The van der Waals surface area contributed by atoms with Gasteiger partial charge in [-0.3, -0.25) is 9.69 Å². The van der Waals surface area contributed by atoms with Crippen LogP contribution in [0.2, 0.25) is 0 Å². The van der Waals surface area contributed by atoms with Gasteiger partial charge < -0.3 is 15.2 Å². The van der Waals surface area contributed by atoms with Gasteiger partial charge in [-0.05, 0) is 32.2 Å². The second kappa shape index (κ2) is 8.71. The largest absolute Gasteiger partial charge is 0.389 e. The molecule has 1 saturated heterocycles. The highest BCUT2D eigenvalue weighted by atomic mass is 16.5. The summed E-state index contributed by atoms with van der Waals surface area (Å²) in [6.45, 7) is 5.55. The Balaban J connectivity index is 1.50. The zero-order chi connectivity index (χ0) is 15.0. The first kappa shape index (κ1) is 16.7. The maximum absolute atomic E-state index is 11.9. The lowest BCUT2D eigenvalue weighted by Crippen LogP contribution is -2.39. The number of rotatable bonds is 7. The minimum atomic E-state index is -0.740. The number of aliphatic hydroxyl groups is 1. The number of unbranched alkanes of at least 4 members (excludes halogenated alkanes) is 1. The number of hydrogen-bond acceptors (Lipinski definition) is 4. The van der Waals surface area contributed by atoms with Gasteiger partial charge in [0, 0.05) is 19.6 Å². The molecule has 0 bridgehead atoms. The quantitative estimate of drug-likeness (QED) is 0.696. The molecule has 0 spiro atoms. The summed E-state index contributed by atoms with van der Waals surface area (Å²) in [6.07, 6.45) is 7.20. The van der Waals surface area contributed by atoms with Crippen LogP contribution in [0.3, 0.4) is 0 Å². The van der Waals surface area contributed by atoms with E-state index in [2.05, 4.69) is 10.2 Å². The normalized spacial score (nSPS) is 22.9. The third kappa shape index (κ3) is 6.32. The molecule has 1 saturated carbocycles. The molecule has 21 heavy (non-hydrogen) atoms. The number of hydrogen-bond donors (Lipinski definition) is 2. The van der Waals surface area contributed by atoms with Gasteiger partial charge in [0.05, 0.1) is 25.2 Å². The van der Waals surface area contributed by atoms with Crippen LogP contribution < -0.4 is 5.32 Å². The molecule has 1 heterocycles. The van der Waals surface area contributed by atoms with Crippen LogP contribution in [0.15, 0.2) is 0 Å². The lowest BCUT2D eigenvalue weighted by molar-refractivity contribution is -0.127. The van der Waals surface area contributed by atoms with E-state index in [0.29, 0.717) is 0 Å². The van der Waals surface area contributed by atoms with Crippen LogP contribution in [0.25, 0.3) is 0 Å². The first-order valence-electron chi connectivity index (χ1n) is 8.47. The molecular weight excluding hydrogens is 268 g/mol. The van der Waals surface area contributed by atoms with Gasteiger partial charge in [0.1, 0.15) is 0 Å². The van der Waals surface area contributed by atoms with Crippen molar-refractivity contribution < 1.29 is 14.6 Å². The summed E-state index contributed by atoms with van der Waals surface area (Å²) in [5.74, 6) is 0.00534. The van der Waals surface area contributed by atoms with Gasteiger partial charge in [-0.25, -0.2) is 0 Å². The molecule has 0 aromatic rings. The van der Waals surface area contributed by atoms with Crippen molar-refractivity contribution in [2.75, 3.05) is 39.4 Å². The van der Waals surface area contributed by atoms with E-state index in [9.17, 15) is 9.90 Å². The predicted octanol–water partition coefficient (Wildman–Crippen LogP) is 1.30. The monoisotopic (exact) mass is 298 g/mol. The van der Waals surface area contributed by atoms with E-state index in [-0.39, 0.29) is 12.3 Å². The predicted molar refractivity (Wildman–Crippen MR) is 82.2 cm³/mol. The van der Waals surface area contributed by atoms with Crippen molar-refractivity contribution >= 4 is 5.91 Å². The van der Waals surface area contributed by atoms with Gasteiger partial charge in [-0.15, -0.1) is 0 Å². The smallest absolute Gasteiger partial charge is 0.222 e. The lowest BCUT2D eigenvalue weighted by Gasteiger charge is -2.31. The van der Waals surface area contributed by atoms with Crippen molar-refractivity contribution in [3.8, 4) is 0 Å². The Hall–Kier alpha value is -0.650. The van der Waals surface area contributed by atoms with Gasteiger partial charge >= 0.3 is 0 Å². The Kier molecular flexibility index (Phi) is 6.93. The van der Waals surface area contributed by atoms with E-state index in [1.807, 2.05) is 0 Å². The Morgan fingerprint density at radius 2 is 1.86 bits per heavy atom. The number of amides is 1. The Morgan fingerprint density at radius 1 is 1.14 bits per heavy atom. The number of ether oxygens (including phenoxy) is 1. The van der Waals surface area contributed by atoms with Crippen LogP contribution in [0.5, 0.6) is 0 Å². The van der Waals surface area contributed by atoms with Crippen LogP contribution in [0.1, 0.15) is 51.4 Å². The molecule has 2 rings (SSSR count). The number of nitrogens with one attached hydrogen (secondary N) is 1. The average Bonchev–Trinajstić information content (AvgIpc) is 2.48. The summed E-state index contributed by atoms with van der Waals surface area (Å²) < 4.78 is 5.32. The van der Waals surface area contributed by atoms with Crippen molar-refractivity contribution in [1.29, 1.82) is 0 Å². The lowest BCUT2D eigenvalue weighted by atomic mass is 9.82. The molecule has 0 unspecified atom stereocenters. The highest BCUT2D eigenvalue weighted by molar-refractivity contribution is 5.76. The van der Waals surface area contributed by atoms with E-state index in [1.165, 1.54) is 6.42 Å². The van der Waals surface area contributed by atoms with Crippen LogP contribution in [-0.4, -0.2) is 60.9 Å². The SMILES string of the molecule is O=C(CC1(O)CCCCC1)NCCCCN1CCOCC1. The number of carbonyl (C=O) groups excluding carboxylic acids is 1. The molecular formula is C16H30N2O3. The molecule has 0 radical (unpaired) electrons. The van der Waals surface area contributed by atoms with Crippen molar-refractivity contribution in [2.24, 2.45) is 0 Å². The Morgan fingerprint density at radius 3 is 2.57 bits per heavy atom. The van der Waals surface area contributed by atoms with Gasteiger partial charge in [-0.1, -0.05) is 19.3 Å². The summed E-state index contributed by atoms with van der Waals surface area (Å²) >= 11 is 0. The maximum Gasteiger partial charge on any atom is 0.222 e. The molecule has 2 N–H and O–H groups in total. The minimum absolute atomic E-state index is 0.00534. The van der Waals surface area contributed by atoms with Gasteiger partial charge in [-0.2, -0.15) is 0 Å². The van der Waals surface area contributed by atoms with Crippen molar-refractivity contribution in [2.45, 2.75) is 57.0 Å². The molecule has 0 aromatic heterocycles. The fourth-order valence-electron chi connectivity index (χ4n) is 3.26. The first-order chi connectivity index (χ1) is 10.2. The molecule has 5 nitrogen and oxygen atoms in total. The first-order valence-corrected chi connectivity index (χ1v) is 8.47. The molecule has 122 valence electrons. The van der Waals surface area contributed by atoms with E-state index < -0.39 is 5.60 Å². The third-order valence-electron chi connectivity index (χ3n) is 4.60. The third-order valence-corrected chi connectivity index (χ3v) is 4.60. The van der Waals surface area contributed by atoms with E-state index in [4.69, 9.17) is 4.74 Å². The molecule has 2 fully saturated rings. The zero-order valence-electron chi connectivity index (χ0n) is 13.1. The summed E-state index contributed by atoms with van der Waals surface area (Å²) in [7, 11) is 0. The van der Waals surface area contributed by atoms with Crippen LogP contribution >= 0.6 is 0 Å². The molecule has 5 heteroatoms. The van der Waals surface area contributed by atoms with Crippen LogP contribution in [0, 0.1) is 0 Å². The second-order valence-electron chi connectivity index (χ2n) is 6.47. The standard InChI is InChI=1S/C16H30N2O3/c19-15(14-16(20)6-2-1-3-7-16)17-8-4-5-9-18-10-12-21-13-11-18/h20H,1-14H2,(H,17,19). The maximum atomic E-state index is 11.9. The van der Waals surface area contributed by atoms with Gasteiger partial charge in [0.15, 0.2) is 0 Å². The average molecular weight is 298 g/mol. The topological polar surface area (TPSA) is 61.8 Å². The summed E-state index contributed by atoms with van der Waals surface area (Å²) in [5.41, 5.74) is -0.740. The fraction of sp³-hybridized carbons (Fsp3) is 0.938. The molecule has 2 aliphatic rings. The summed E-state index contributed by atoms with van der Waals surface area (Å²) in [5, 5.41) is 13.3. The zero-order valence-corrected chi connectivity index (χ0v) is 13.1. The molecule has 1 aliphatic heterocycles. The Bertz CT molecular complexity index is 311. The highest BCUT2D eigenvalue weighted by Crippen LogP contribution is 2.30. The van der Waals surface area contributed by atoms with Crippen molar-refractivity contribution in [3.05, 3.63) is 0 Å². The molecule has 0 aromatic carbocycles. The summed E-state index contributed by atoms with van der Waals surface area (Å²) in [6, 6.07) is 0. The number of carbonyl (C=O) groups is 1.